The van der Waals surface area contributed by atoms with Crippen molar-refractivity contribution in [3.8, 4) is 0 Å². The summed E-state index contributed by atoms with van der Waals surface area (Å²) in [4.78, 5) is 0. The second kappa shape index (κ2) is 4.98. The Balaban J connectivity index is 1.87. The van der Waals surface area contributed by atoms with Gasteiger partial charge in [0.05, 0.1) is 5.60 Å². The molecule has 0 spiro atoms. The van der Waals surface area contributed by atoms with Crippen LogP contribution in [0.1, 0.15) is 86.0 Å². The Morgan fingerprint density at radius 1 is 0.952 bits per heavy atom. The maximum Gasteiger partial charge on any atom is 0.0622 e. The van der Waals surface area contributed by atoms with Crippen molar-refractivity contribution in [1.29, 1.82) is 0 Å². The molecule has 0 aromatic carbocycles. The van der Waals surface area contributed by atoms with Gasteiger partial charge < -0.3 is 5.11 Å². The predicted octanol–water partition coefficient (Wildman–Crippen LogP) is 5.42. The Bertz CT molecular complexity index is 397. The highest BCUT2D eigenvalue weighted by molar-refractivity contribution is 5.06. The molecule has 0 heterocycles. The van der Waals surface area contributed by atoms with Crippen molar-refractivity contribution in [2.75, 3.05) is 0 Å². The van der Waals surface area contributed by atoms with Crippen molar-refractivity contribution in [3.05, 3.63) is 0 Å². The van der Waals surface area contributed by atoms with Crippen molar-refractivity contribution in [3.63, 3.8) is 0 Å². The smallest absolute Gasteiger partial charge is 0.0622 e. The topological polar surface area (TPSA) is 20.2 Å². The molecule has 0 aromatic rings. The SMILES string of the molecule is CC[C@H]1[C@@H]2CC[C@H]3C[C@](C)(O)CC[C@]3(C)[C@H]2CCC1(C)C. The lowest BCUT2D eigenvalue weighted by Gasteiger charge is -2.62. The fourth-order valence-corrected chi connectivity index (χ4v) is 6.79. The molecular formula is C20H36O. The van der Waals surface area contributed by atoms with Crippen molar-refractivity contribution in [2.24, 2.45) is 34.5 Å². The van der Waals surface area contributed by atoms with E-state index in [1.165, 1.54) is 38.5 Å². The third kappa shape index (κ3) is 2.48. The van der Waals surface area contributed by atoms with Crippen molar-refractivity contribution in [2.45, 2.75) is 91.6 Å². The Labute approximate surface area is 131 Å². The van der Waals surface area contributed by atoms with E-state index >= 15 is 0 Å². The molecule has 3 aliphatic carbocycles. The van der Waals surface area contributed by atoms with Crippen LogP contribution in [-0.4, -0.2) is 10.7 Å². The first-order valence-corrected chi connectivity index (χ1v) is 9.42. The van der Waals surface area contributed by atoms with E-state index in [1.54, 1.807) is 0 Å². The molecule has 3 aliphatic rings. The summed E-state index contributed by atoms with van der Waals surface area (Å²) in [6.07, 6.45) is 10.3. The normalized spacial score (nSPS) is 52.9. The summed E-state index contributed by atoms with van der Waals surface area (Å²) in [6.45, 7) is 12.1. The number of hydrogen-bond donors (Lipinski definition) is 1. The fourth-order valence-electron chi connectivity index (χ4n) is 6.79. The lowest BCUT2D eigenvalue weighted by Crippen LogP contribution is -2.55. The van der Waals surface area contributed by atoms with E-state index in [-0.39, 0.29) is 0 Å². The first-order valence-electron chi connectivity index (χ1n) is 9.42. The fraction of sp³-hybridized carbons (Fsp3) is 1.00. The zero-order valence-corrected chi connectivity index (χ0v) is 14.9. The summed E-state index contributed by atoms with van der Waals surface area (Å²) in [6, 6.07) is 0. The Morgan fingerprint density at radius 2 is 1.67 bits per heavy atom. The van der Waals surface area contributed by atoms with Gasteiger partial charge in [-0.25, -0.2) is 0 Å². The van der Waals surface area contributed by atoms with Gasteiger partial charge >= 0.3 is 0 Å². The molecule has 0 saturated heterocycles. The second-order valence-electron chi connectivity index (χ2n) is 9.79. The molecule has 1 N–H and O–H groups in total. The molecule has 0 aromatic heterocycles. The molecule has 3 fully saturated rings. The van der Waals surface area contributed by atoms with Crippen LogP contribution in [-0.2, 0) is 0 Å². The van der Waals surface area contributed by atoms with E-state index in [4.69, 9.17) is 0 Å². The van der Waals surface area contributed by atoms with Crippen LogP contribution in [0.2, 0.25) is 0 Å². The van der Waals surface area contributed by atoms with Crippen LogP contribution in [0.5, 0.6) is 0 Å². The van der Waals surface area contributed by atoms with Crippen molar-refractivity contribution < 1.29 is 5.11 Å². The van der Waals surface area contributed by atoms with Gasteiger partial charge in [0.2, 0.25) is 0 Å². The summed E-state index contributed by atoms with van der Waals surface area (Å²) in [7, 11) is 0. The van der Waals surface area contributed by atoms with Gasteiger partial charge in [0.1, 0.15) is 0 Å². The monoisotopic (exact) mass is 292 g/mol. The van der Waals surface area contributed by atoms with Crippen LogP contribution in [0.25, 0.3) is 0 Å². The van der Waals surface area contributed by atoms with Crippen LogP contribution in [0.3, 0.4) is 0 Å². The molecule has 6 atom stereocenters. The molecule has 0 radical (unpaired) electrons. The zero-order chi connectivity index (χ0) is 15.5. The van der Waals surface area contributed by atoms with E-state index in [0.717, 1.165) is 36.5 Å². The van der Waals surface area contributed by atoms with Crippen molar-refractivity contribution >= 4 is 0 Å². The van der Waals surface area contributed by atoms with Crippen LogP contribution >= 0.6 is 0 Å². The Hall–Kier alpha value is -0.0400. The van der Waals surface area contributed by atoms with Gasteiger partial charge in [-0.3, -0.25) is 0 Å². The Kier molecular flexibility index (Phi) is 3.76. The van der Waals surface area contributed by atoms with E-state index in [9.17, 15) is 5.11 Å². The molecule has 1 nitrogen and oxygen atoms in total. The van der Waals surface area contributed by atoms with Crippen LogP contribution in [0.4, 0.5) is 0 Å². The number of fused-ring (bicyclic) bond motifs is 3. The Morgan fingerprint density at radius 3 is 2.33 bits per heavy atom. The highest BCUT2D eigenvalue weighted by Gasteiger charge is 2.56. The van der Waals surface area contributed by atoms with Gasteiger partial charge in [-0.05, 0) is 86.4 Å². The summed E-state index contributed by atoms with van der Waals surface area (Å²) in [5.41, 5.74) is 0.656. The molecular weight excluding hydrogens is 256 g/mol. The molecule has 1 heteroatoms. The second-order valence-corrected chi connectivity index (χ2v) is 9.79. The lowest BCUT2D eigenvalue weighted by molar-refractivity contribution is -0.145. The zero-order valence-electron chi connectivity index (χ0n) is 14.9. The maximum absolute atomic E-state index is 10.5. The third-order valence-electron chi connectivity index (χ3n) is 8.09. The minimum Gasteiger partial charge on any atom is -0.390 e. The average Bonchev–Trinajstić information content (AvgIpc) is 2.38. The van der Waals surface area contributed by atoms with Gasteiger partial charge in [-0.15, -0.1) is 0 Å². The van der Waals surface area contributed by atoms with Crippen molar-refractivity contribution in [1.82, 2.24) is 0 Å². The lowest BCUT2D eigenvalue weighted by atomic mass is 9.44. The van der Waals surface area contributed by atoms with Gasteiger partial charge in [0, 0.05) is 0 Å². The summed E-state index contributed by atoms with van der Waals surface area (Å²) in [5, 5.41) is 10.5. The minimum absolute atomic E-state index is 0.394. The molecule has 0 amide bonds. The van der Waals surface area contributed by atoms with E-state index in [0.29, 0.717) is 10.8 Å². The van der Waals surface area contributed by atoms with E-state index in [1.807, 2.05) is 0 Å². The standard InChI is InChI=1S/C20H36O/c1-6-16-15-8-7-14-13-19(4,21)11-12-20(14,5)17(15)9-10-18(16,2)3/h14-17,21H,6-13H2,1-5H3/t14-,15-,16-,17-,19+,20-/m0/s1. The van der Waals surface area contributed by atoms with Crippen LogP contribution in [0, 0.1) is 34.5 Å². The van der Waals surface area contributed by atoms with Crippen LogP contribution < -0.4 is 0 Å². The summed E-state index contributed by atoms with van der Waals surface area (Å²) in [5.74, 6) is 3.55. The average molecular weight is 293 g/mol. The van der Waals surface area contributed by atoms with Gasteiger partial charge in [0.15, 0.2) is 0 Å². The number of aliphatic hydroxyl groups is 1. The molecule has 0 unspecified atom stereocenters. The number of hydrogen-bond acceptors (Lipinski definition) is 1. The molecule has 0 bridgehead atoms. The molecule has 21 heavy (non-hydrogen) atoms. The molecule has 122 valence electrons. The first kappa shape index (κ1) is 15.8. The first-order chi connectivity index (χ1) is 9.70. The summed E-state index contributed by atoms with van der Waals surface area (Å²) >= 11 is 0. The van der Waals surface area contributed by atoms with Gasteiger partial charge in [-0.2, -0.15) is 0 Å². The minimum atomic E-state index is -0.394. The van der Waals surface area contributed by atoms with Crippen LogP contribution in [0.15, 0.2) is 0 Å². The summed E-state index contributed by atoms with van der Waals surface area (Å²) < 4.78 is 0. The maximum atomic E-state index is 10.5. The molecule has 0 aliphatic heterocycles. The highest BCUT2D eigenvalue weighted by atomic mass is 16.3. The van der Waals surface area contributed by atoms with Gasteiger partial charge in [-0.1, -0.05) is 34.1 Å². The molecule has 3 rings (SSSR count). The highest BCUT2D eigenvalue weighted by Crippen LogP contribution is 2.64. The quantitative estimate of drug-likeness (QED) is 0.684. The van der Waals surface area contributed by atoms with E-state index in [2.05, 4.69) is 34.6 Å². The third-order valence-corrected chi connectivity index (χ3v) is 8.09. The largest absolute Gasteiger partial charge is 0.390 e. The predicted molar refractivity (Wildman–Crippen MR) is 89.1 cm³/mol. The van der Waals surface area contributed by atoms with Gasteiger partial charge in [0.25, 0.3) is 0 Å². The van der Waals surface area contributed by atoms with E-state index < -0.39 is 5.60 Å². The molecule has 3 saturated carbocycles. The number of rotatable bonds is 1.